The summed E-state index contributed by atoms with van der Waals surface area (Å²) in [5, 5.41) is 2.98. The first kappa shape index (κ1) is 17.3. The molecule has 1 N–H and O–H groups in total. The van der Waals surface area contributed by atoms with Crippen molar-refractivity contribution in [2.24, 2.45) is 0 Å². The Balaban J connectivity index is 1.38. The van der Waals surface area contributed by atoms with E-state index in [0.29, 0.717) is 13.1 Å². The molecule has 0 atom stereocenters. The van der Waals surface area contributed by atoms with Crippen LogP contribution < -0.4 is 14.8 Å². The zero-order valence-electron chi connectivity index (χ0n) is 14.7. The van der Waals surface area contributed by atoms with Gasteiger partial charge in [-0.25, -0.2) is 0 Å². The van der Waals surface area contributed by atoms with Gasteiger partial charge in [-0.15, -0.1) is 0 Å². The molecule has 0 radical (unpaired) electrons. The molecule has 1 aliphatic heterocycles. The van der Waals surface area contributed by atoms with Crippen molar-refractivity contribution in [3.05, 3.63) is 59.7 Å². The van der Waals surface area contributed by atoms with Gasteiger partial charge in [-0.1, -0.05) is 30.3 Å². The van der Waals surface area contributed by atoms with Crippen LogP contribution in [0.4, 0.5) is 0 Å². The molecule has 1 amide bonds. The predicted molar refractivity (Wildman–Crippen MR) is 96.9 cm³/mol. The van der Waals surface area contributed by atoms with Gasteiger partial charge < -0.3 is 14.8 Å². The predicted octanol–water partition coefficient (Wildman–Crippen LogP) is 2.38. The second kappa shape index (κ2) is 8.03. The molecule has 0 aliphatic carbocycles. The smallest absolute Gasteiger partial charge is 0.234 e. The van der Waals surface area contributed by atoms with Gasteiger partial charge in [-0.2, -0.15) is 0 Å². The Hall–Kier alpha value is -2.53. The van der Waals surface area contributed by atoms with E-state index in [1.54, 1.807) is 7.11 Å². The van der Waals surface area contributed by atoms with Crippen LogP contribution in [0, 0.1) is 6.92 Å². The van der Waals surface area contributed by atoms with E-state index in [1.165, 1.54) is 5.56 Å². The summed E-state index contributed by atoms with van der Waals surface area (Å²) in [5.74, 6) is 1.63. The van der Waals surface area contributed by atoms with E-state index in [-0.39, 0.29) is 12.0 Å². The van der Waals surface area contributed by atoms with Crippen LogP contribution in [0.25, 0.3) is 0 Å². The molecule has 5 heteroatoms. The van der Waals surface area contributed by atoms with Crippen LogP contribution in [-0.4, -0.2) is 43.7 Å². The first-order chi connectivity index (χ1) is 12.1. The molecule has 2 aromatic carbocycles. The number of ether oxygens (including phenoxy) is 2. The fourth-order valence-electron chi connectivity index (χ4n) is 2.85. The van der Waals surface area contributed by atoms with Crippen LogP contribution in [0.2, 0.25) is 0 Å². The average Bonchev–Trinajstić information content (AvgIpc) is 2.59. The largest absolute Gasteiger partial charge is 0.497 e. The fourth-order valence-corrected chi connectivity index (χ4v) is 2.85. The van der Waals surface area contributed by atoms with Crippen LogP contribution in [0.3, 0.4) is 0 Å². The Morgan fingerprint density at radius 1 is 1.16 bits per heavy atom. The summed E-state index contributed by atoms with van der Waals surface area (Å²) >= 11 is 0. The number of rotatable bonds is 7. The SMILES string of the molecule is COc1cccc(OC2CN(CC(=O)NCc3ccccc3C)C2)c1. The maximum atomic E-state index is 12.1. The topological polar surface area (TPSA) is 50.8 Å². The van der Waals surface area contributed by atoms with Crippen molar-refractivity contribution in [3.63, 3.8) is 0 Å². The third-order valence-corrected chi connectivity index (χ3v) is 4.37. The standard InChI is InChI=1S/C20H24N2O3/c1-15-6-3-4-7-16(15)11-21-20(23)14-22-12-19(13-22)25-18-9-5-8-17(10-18)24-2/h3-10,19H,11-14H2,1-2H3,(H,21,23). The molecule has 25 heavy (non-hydrogen) atoms. The third kappa shape index (κ3) is 4.73. The highest BCUT2D eigenvalue weighted by molar-refractivity contribution is 5.78. The summed E-state index contributed by atoms with van der Waals surface area (Å²) in [5.41, 5.74) is 2.34. The first-order valence-corrected chi connectivity index (χ1v) is 8.48. The van der Waals surface area contributed by atoms with Gasteiger partial charge in [-0.05, 0) is 30.2 Å². The molecule has 0 unspecified atom stereocenters. The Morgan fingerprint density at radius 3 is 2.68 bits per heavy atom. The lowest BCUT2D eigenvalue weighted by Gasteiger charge is -2.38. The van der Waals surface area contributed by atoms with E-state index in [9.17, 15) is 4.79 Å². The van der Waals surface area contributed by atoms with Crippen LogP contribution in [0.1, 0.15) is 11.1 Å². The zero-order valence-corrected chi connectivity index (χ0v) is 14.7. The Labute approximate surface area is 148 Å². The van der Waals surface area contributed by atoms with Crippen molar-refractivity contribution < 1.29 is 14.3 Å². The van der Waals surface area contributed by atoms with Crippen molar-refractivity contribution in [1.29, 1.82) is 0 Å². The molecule has 0 bridgehead atoms. The number of nitrogens with zero attached hydrogens (tertiary/aromatic N) is 1. The highest BCUT2D eigenvalue weighted by Crippen LogP contribution is 2.22. The molecule has 1 aliphatic rings. The molecule has 0 aromatic heterocycles. The van der Waals surface area contributed by atoms with E-state index >= 15 is 0 Å². The molecular weight excluding hydrogens is 316 g/mol. The number of hydrogen-bond donors (Lipinski definition) is 1. The van der Waals surface area contributed by atoms with Crippen LogP contribution in [0.5, 0.6) is 11.5 Å². The Morgan fingerprint density at radius 2 is 1.92 bits per heavy atom. The number of benzene rings is 2. The summed E-state index contributed by atoms with van der Waals surface area (Å²) < 4.78 is 11.1. The Kier molecular flexibility index (Phi) is 5.56. The molecule has 1 heterocycles. The molecule has 3 rings (SSSR count). The second-order valence-electron chi connectivity index (χ2n) is 6.32. The van der Waals surface area contributed by atoms with Crippen molar-refractivity contribution in [1.82, 2.24) is 10.2 Å². The molecule has 1 saturated heterocycles. The lowest BCUT2D eigenvalue weighted by atomic mass is 10.1. The van der Waals surface area contributed by atoms with Crippen LogP contribution in [0.15, 0.2) is 48.5 Å². The lowest BCUT2D eigenvalue weighted by Crippen LogP contribution is -2.56. The summed E-state index contributed by atoms with van der Waals surface area (Å²) in [7, 11) is 1.64. The summed E-state index contributed by atoms with van der Waals surface area (Å²) in [6.45, 7) is 4.55. The van der Waals surface area contributed by atoms with Gasteiger partial charge in [-0.3, -0.25) is 9.69 Å². The zero-order chi connectivity index (χ0) is 17.6. The van der Waals surface area contributed by atoms with E-state index in [1.807, 2.05) is 42.5 Å². The molecule has 132 valence electrons. The minimum atomic E-state index is 0.0445. The Bertz CT molecular complexity index is 726. The second-order valence-corrected chi connectivity index (χ2v) is 6.32. The van der Waals surface area contributed by atoms with E-state index < -0.39 is 0 Å². The number of aryl methyl sites for hydroxylation is 1. The van der Waals surface area contributed by atoms with Crippen molar-refractivity contribution >= 4 is 5.91 Å². The van der Waals surface area contributed by atoms with E-state index in [2.05, 4.69) is 23.2 Å². The average molecular weight is 340 g/mol. The number of likely N-dealkylation sites (tertiary alicyclic amines) is 1. The fraction of sp³-hybridized carbons (Fsp3) is 0.350. The molecule has 5 nitrogen and oxygen atoms in total. The monoisotopic (exact) mass is 340 g/mol. The number of hydrogen-bond acceptors (Lipinski definition) is 4. The first-order valence-electron chi connectivity index (χ1n) is 8.48. The number of carbonyl (C=O) groups is 1. The van der Waals surface area contributed by atoms with Crippen LogP contribution in [-0.2, 0) is 11.3 Å². The lowest BCUT2D eigenvalue weighted by molar-refractivity contribution is -0.124. The highest BCUT2D eigenvalue weighted by Gasteiger charge is 2.29. The maximum absolute atomic E-state index is 12.1. The number of nitrogens with one attached hydrogen (secondary N) is 1. The normalized spacial score (nSPS) is 14.6. The number of amides is 1. The molecule has 1 fully saturated rings. The summed E-state index contributed by atoms with van der Waals surface area (Å²) in [4.78, 5) is 14.2. The number of methoxy groups -OCH3 is 1. The van der Waals surface area contributed by atoms with Crippen molar-refractivity contribution in [2.75, 3.05) is 26.7 Å². The van der Waals surface area contributed by atoms with Crippen molar-refractivity contribution in [3.8, 4) is 11.5 Å². The van der Waals surface area contributed by atoms with Gasteiger partial charge >= 0.3 is 0 Å². The summed E-state index contributed by atoms with van der Waals surface area (Å²) in [6, 6.07) is 15.7. The molecule has 0 saturated carbocycles. The van der Waals surface area contributed by atoms with Gasteiger partial charge in [0.05, 0.1) is 13.7 Å². The summed E-state index contributed by atoms with van der Waals surface area (Å²) in [6.07, 6.45) is 0.122. The molecule has 2 aromatic rings. The van der Waals surface area contributed by atoms with E-state index in [0.717, 1.165) is 30.2 Å². The van der Waals surface area contributed by atoms with Gasteiger partial charge in [0.25, 0.3) is 0 Å². The quantitative estimate of drug-likeness (QED) is 0.841. The molecular formula is C20H24N2O3. The van der Waals surface area contributed by atoms with Gasteiger partial charge in [0.2, 0.25) is 5.91 Å². The van der Waals surface area contributed by atoms with E-state index in [4.69, 9.17) is 9.47 Å². The van der Waals surface area contributed by atoms with Crippen LogP contribution >= 0.6 is 0 Å². The van der Waals surface area contributed by atoms with Gasteiger partial charge in [0.1, 0.15) is 17.6 Å². The minimum Gasteiger partial charge on any atom is -0.497 e. The van der Waals surface area contributed by atoms with Gasteiger partial charge in [0.15, 0.2) is 0 Å². The van der Waals surface area contributed by atoms with Gasteiger partial charge in [0, 0.05) is 25.7 Å². The number of carbonyl (C=O) groups excluding carboxylic acids is 1. The minimum absolute atomic E-state index is 0.0445. The maximum Gasteiger partial charge on any atom is 0.234 e. The molecule has 0 spiro atoms. The van der Waals surface area contributed by atoms with Crippen molar-refractivity contribution in [2.45, 2.75) is 19.6 Å². The highest BCUT2D eigenvalue weighted by atomic mass is 16.5. The third-order valence-electron chi connectivity index (χ3n) is 4.37.